The molecule has 0 bridgehead atoms. The molecule has 0 unspecified atom stereocenters. The molecule has 1 heteroatoms. The summed E-state index contributed by atoms with van der Waals surface area (Å²) in [5, 5.41) is 6.20. The highest BCUT2D eigenvalue weighted by atomic mass is 28.3. The van der Waals surface area contributed by atoms with E-state index in [1.54, 1.807) is 20.7 Å². The van der Waals surface area contributed by atoms with E-state index in [2.05, 4.69) is 97.1 Å². The summed E-state index contributed by atoms with van der Waals surface area (Å²) in [5.41, 5.74) is 5.71. The van der Waals surface area contributed by atoms with Crippen molar-refractivity contribution in [2.45, 2.75) is 0 Å². The van der Waals surface area contributed by atoms with Crippen LogP contribution in [0, 0.1) is 0 Å². The Morgan fingerprint density at radius 2 is 0.560 bits per heavy atom. The second-order valence-electron chi connectivity index (χ2n) is 6.93. The fourth-order valence-electron chi connectivity index (χ4n) is 5.05. The van der Waals surface area contributed by atoms with E-state index in [-0.39, 0.29) is 0 Å². The molecule has 4 aromatic rings. The van der Waals surface area contributed by atoms with Crippen LogP contribution in [0.3, 0.4) is 0 Å². The second kappa shape index (κ2) is 4.59. The zero-order chi connectivity index (χ0) is 16.4. The molecule has 0 aliphatic carbocycles. The topological polar surface area (TPSA) is 0 Å². The number of hydrogen-bond acceptors (Lipinski definition) is 0. The third-order valence-electron chi connectivity index (χ3n) is 5.90. The van der Waals surface area contributed by atoms with Gasteiger partial charge in [-0.1, -0.05) is 97.1 Å². The van der Waals surface area contributed by atoms with Gasteiger partial charge in [-0.3, -0.25) is 0 Å². The van der Waals surface area contributed by atoms with Gasteiger partial charge in [-0.25, -0.2) is 0 Å². The lowest BCUT2D eigenvalue weighted by molar-refractivity contribution is 1.71. The molecule has 0 saturated carbocycles. The van der Waals surface area contributed by atoms with Gasteiger partial charge >= 0.3 is 0 Å². The largest absolute Gasteiger partial charge is 0.182 e. The molecule has 0 atom stereocenters. The van der Waals surface area contributed by atoms with E-state index < -0.39 is 8.07 Å². The highest BCUT2D eigenvalue weighted by molar-refractivity contribution is 7.24. The Bertz CT molecular complexity index is 968. The third-order valence-corrected chi connectivity index (χ3v) is 10.9. The molecule has 2 heterocycles. The van der Waals surface area contributed by atoms with Gasteiger partial charge in [0.05, 0.1) is 0 Å². The van der Waals surface area contributed by atoms with Crippen molar-refractivity contribution in [2.24, 2.45) is 0 Å². The van der Waals surface area contributed by atoms with Gasteiger partial charge in [-0.15, -0.1) is 0 Å². The van der Waals surface area contributed by atoms with E-state index in [9.17, 15) is 0 Å². The summed E-state index contributed by atoms with van der Waals surface area (Å²) in [6.45, 7) is 0. The van der Waals surface area contributed by atoms with Gasteiger partial charge in [0.2, 0.25) is 0 Å². The molecule has 0 fully saturated rings. The molecule has 0 radical (unpaired) electrons. The van der Waals surface area contributed by atoms with Crippen LogP contribution in [0.5, 0.6) is 0 Å². The van der Waals surface area contributed by atoms with E-state index in [1.165, 1.54) is 22.3 Å². The van der Waals surface area contributed by atoms with E-state index >= 15 is 0 Å². The lowest BCUT2D eigenvalue weighted by Crippen LogP contribution is -2.70. The molecule has 0 aromatic heterocycles. The molecule has 0 N–H and O–H groups in total. The average Bonchev–Trinajstić information content (AvgIpc) is 3.16. The number of fused-ring (bicyclic) bond motifs is 10. The lowest BCUT2D eigenvalue weighted by atomic mass is 10.1. The standard InChI is InChI=1S/C24H16Si/c1-5-13-21-17(9-1)18-10-2-6-14-22(18)25(21)23-15-7-3-11-19(23)20-12-4-8-16-24(20)25/h1-16H. The van der Waals surface area contributed by atoms with Crippen LogP contribution in [0.1, 0.15) is 0 Å². The Hall–Kier alpha value is -2.90. The van der Waals surface area contributed by atoms with Gasteiger partial charge in [0, 0.05) is 0 Å². The first-order chi connectivity index (χ1) is 12.4. The fourth-order valence-corrected chi connectivity index (χ4v) is 10.7. The minimum atomic E-state index is -2.15. The van der Waals surface area contributed by atoms with Crippen molar-refractivity contribution < 1.29 is 0 Å². The molecule has 0 amide bonds. The number of benzene rings is 4. The van der Waals surface area contributed by atoms with E-state index in [1.807, 2.05) is 0 Å². The summed E-state index contributed by atoms with van der Waals surface area (Å²) >= 11 is 0. The summed E-state index contributed by atoms with van der Waals surface area (Å²) in [4.78, 5) is 0. The number of rotatable bonds is 0. The molecular weight excluding hydrogens is 316 g/mol. The van der Waals surface area contributed by atoms with E-state index in [0.29, 0.717) is 0 Å². The van der Waals surface area contributed by atoms with Gasteiger partial charge in [0.25, 0.3) is 0 Å². The minimum Gasteiger partial charge on any atom is -0.0623 e. The van der Waals surface area contributed by atoms with Gasteiger partial charge < -0.3 is 0 Å². The average molecular weight is 332 g/mol. The predicted octanol–water partition coefficient (Wildman–Crippen LogP) is 3.02. The molecule has 116 valence electrons. The Morgan fingerprint density at radius 1 is 0.320 bits per heavy atom. The lowest BCUT2D eigenvalue weighted by Gasteiger charge is -2.27. The van der Waals surface area contributed by atoms with Crippen LogP contribution in [0.25, 0.3) is 22.3 Å². The van der Waals surface area contributed by atoms with Gasteiger partial charge in [-0.05, 0) is 43.0 Å². The summed E-state index contributed by atoms with van der Waals surface area (Å²) < 4.78 is 0. The van der Waals surface area contributed by atoms with Crippen molar-refractivity contribution in [1.82, 2.24) is 0 Å². The van der Waals surface area contributed by atoms with Crippen molar-refractivity contribution in [3.63, 3.8) is 0 Å². The van der Waals surface area contributed by atoms with Crippen LogP contribution in [0.2, 0.25) is 0 Å². The highest BCUT2D eigenvalue weighted by Gasteiger charge is 2.53. The Morgan fingerprint density at radius 3 is 0.840 bits per heavy atom. The molecule has 4 aromatic carbocycles. The maximum absolute atomic E-state index is 2.38. The van der Waals surface area contributed by atoms with Crippen molar-refractivity contribution in [2.75, 3.05) is 0 Å². The quantitative estimate of drug-likeness (QED) is 0.375. The predicted molar refractivity (Wildman–Crippen MR) is 108 cm³/mol. The summed E-state index contributed by atoms with van der Waals surface area (Å²) in [7, 11) is -2.15. The maximum atomic E-state index is 2.38. The smallest absolute Gasteiger partial charge is 0.0623 e. The zero-order valence-electron chi connectivity index (χ0n) is 13.7. The van der Waals surface area contributed by atoms with Crippen molar-refractivity contribution in [3.05, 3.63) is 97.1 Å². The van der Waals surface area contributed by atoms with Crippen molar-refractivity contribution >= 4 is 28.8 Å². The maximum Gasteiger partial charge on any atom is 0.182 e. The zero-order valence-corrected chi connectivity index (χ0v) is 14.7. The van der Waals surface area contributed by atoms with E-state index in [4.69, 9.17) is 0 Å². The van der Waals surface area contributed by atoms with Crippen LogP contribution in [0.15, 0.2) is 97.1 Å². The molecule has 2 aliphatic rings. The summed E-state index contributed by atoms with van der Waals surface area (Å²) in [5.74, 6) is 0. The second-order valence-corrected chi connectivity index (χ2v) is 10.6. The van der Waals surface area contributed by atoms with Crippen LogP contribution < -0.4 is 20.7 Å². The van der Waals surface area contributed by atoms with Crippen LogP contribution in [-0.4, -0.2) is 8.07 Å². The molecule has 0 nitrogen and oxygen atoms in total. The third kappa shape index (κ3) is 1.44. The SMILES string of the molecule is c1ccc2c(c1)-c1ccccc1[Si]21c2ccccc2-c2ccccc21. The molecule has 25 heavy (non-hydrogen) atoms. The minimum absolute atomic E-state index is 1.43. The Labute approximate surface area is 148 Å². The number of hydrogen-bond donors (Lipinski definition) is 0. The highest BCUT2D eigenvalue weighted by Crippen LogP contribution is 2.35. The Balaban J connectivity index is 1.89. The Kier molecular flexibility index (Phi) is 2.46. The van der Waals surface area contributed by atoms with Gasteiger partial charge in [0.1, 0.15) is 0 Å². The molecular formula is C24H16Si. The molecule has 0 saturated heterocycles. The fraction of sp³-hybridized carbons (Fsp3) is 0. The van der Waals surface area contributed by atoms with Gasteiger partial charge in [0.15, 0.2) is 8.07 Å². The van der Waals surface area contributed by atoms with Crippen molar-refractivity contribution in [3.8, 4) is 22.3 Å². The normalized spacial score (nSPS) is 14.7. The first kappa shape index (κ1) is 13.4. The van der Waals surface area contributed by atoms with Crippen LogP contribution in [0.4, 0.5) is 0 Å². The van der Waals surface area contributed by atoms with Gasteiger partial charge in [-0.2, -0.15) is 0 Å². The van der Waals surface area contributed by atoms with E-state index in [0.717, 1.165) is 0 Å². The molecule has 2 aliphatic heterocycles. The summed E-state index contributed by atoms with van der Waals surface area (Å²) in [6.07, 6.45) is 0. The first-order valence-electron chi connectivity index (χ1n) is 8.81. The first-order valence-corrected chi connectivity index (χ1v) is 10.8. The monoisotopic (exact) mass is 332 g/mol. The molecule has 1 spiro atoms. The van der Waals surface area contributed by atoms with Crippen LogP contribution >= 0.6 is 0 Å². The van der Waals surface area contributed by atoms with Crippen LogP contribution in [-0.2, 0) is 0 Å². The van der Waals surface area contributed by atoms with Crippen molar-refractivity contribution in [1.29, 1.82) is 0 Å². The summed E-state index contributed by atoms with van der Waals surface area (Å²) in [6, 6.07) is 36.3. The molecule has 6 rings (SSSR count).